The quantitative estimate of drug-likeness (QED) is 0.474. The molecule has 0 aliphatic heterocycles. The van der Waals surface area contributed by atoms with E-state index in [0.29, 0.717) is 10.8 Å². The van der Waals surface area contributed by atoms with Crippen molar-refractivity contribution < 1.29 is 5.11 Å². The van der Waals surface area contributed by atoms with Crippen LogP contribution >= 0.6 is 0 Å². The minimum atomic E-state index is -0.0832. The first-order chi connectivity index (χ1) is 13.8. The largest absolute Gasteiger partial charge is 0.393 e. The summed E-state index contributed by atoms with van der Waals surface area (Å²) >= 11 is 0. The Hall–Kier alpha value is -0.560. The van der Waals surface area contributed by atoms with E-state index in [2.05, 4.69) is 52.8 Å². The molecule has 0 amide bonds. The van der Waals surface area contributed by atoms with Crippen molar-refractivity contribution in [2.75, 3.05) is 0 Å². The van der Waals surface area contributed by atoms with E-state index in [4.69, 9.17) is 0 Å². The number of aliphatic hydroxyl groups is 1. The predicted molar refractivity (Wildman–Crippen MR) is 124 cm³/mol. The normalized spacial score (nSPS) is 45.6. The summed E-state index contributed by atoms with van der Waals surface area (Å²) in [5.41, 5.74) is 2.55. The molecule has 164 valence electrons. The highest BCUT2D eigenvalue weighted by Gasteiger charge is 2.58. The fourth-order valence-electron chi connectivity index (χ4n) is 8.39. The van der Waals surface area contributed by atoms with Gasteiger partial charge < -0.3 is 5.11 Å². The van der Waals surface area contributed by atoms with Gasteiger partial charge in [-0.15, -0.1) is 0 Å². The van der Waals surface area contributed by atoms with Crippen LogP contribution in [-0.4, -0.2) is 11.2 Å². The number of rotatable bonds is 5. The molecule has 1 heteroatoms. The molecular formula is C28H46O. The maximum Gasteiger partial charge on any atom is 0.0577 e. The van der Waals surface area contributed by atoms with Gasteiger partial charge in [-0.05, 0) is 111 Å². The molecule has 0 aromatic carbocycles. The standard InChI is InChI=1S/C28H46O/c1-6-20(19(2)3)8-7-9-21-11-13-25-24-12-10-22-18-23(29)14-16-28(22,5)26(24)15-17-27(21,25)4/h7-8,10,19-21,23-26,29H,6,9,11-18H2,1-5H3/b8-7+/t20-,21?,23+,24?,25?,26?,27-,28+/m1/s1. The summed E-state index contributed by atoms with van der Waals surface area (Å²) in [6, 6.07) is 0. The Balaban J connectivity index is 1.48. The highest BCUT2D eigenvalue weighted by Crippen LogP contribution is 2.66. The molecular weight excluding hydrogens is 352 g/mol. The van der Waals surface area contributed by atoms with Crippen LogP contribution in [-0.2, 0) is 0 Å². The third kappa shape index (κ3) is 3.68. The number of hydrogen-bond donors (Lipinski definition) is 1. The average molecular weight is 399 g/mol. The highest BCUT2D eigenvalue weighted by molar-refractivity contribution is 5.25. The predicted octanol–water partition coefficient (Wildman–Crippen LogP) is 7.55. The van der Waals surface area contributed by atoms with E-state index >= 15 is 0 Å². The molecule has 1 N–H and O–H groups in total. The SMILES string of the molecule is CC[C@H](/C=C/CC1CCC2C3CC=C4C[C@@H](O)CC[C@]4(C)C3CC[C@]12C)C(C)C. The summed E-state index contributed by atoms with van der Waals surface area (Å²) in [7, 11) is 0. The van der Waals surface area contributed by atoms with Gasteiger partial charge in [0.15, 0.2) is 0 Å². The van der Waals surface area contributed by atoms with Gasteiger partial charge in [0.2, 0.25) is 0 Å². The Morgan fingerprint density at radius 3 is 2.62 bits per heavy atom. The number of fused-ring (bicyclic) bond motifs is 5. The molecule has 4 rings (SSSR count). The van der Waals surface area contributed by atoms with Crippen LogP contribution in [0.15, 0.2) is 23.8 Å². The van der Waals surface area contributed by atoms with Gasteiger partial charge in [-0.25, -0.2) is 0 Å². The second-order valence-corrected chi connectivity index (χ2v) is 12.0. The highest BCUT2D eigenvalue weighted by atomic mass is 16.3. The van der Waals surface area contributed by atoms with Gasteiger partial charge in [0, 0.05) is 0 Å². The molecule has 0 aromatic heterocycles. The van der Waals surface area contributed by atoms with Crippen molar-refractivity contribution in [3.8, 4) is 0 Å². The second-order valence-electron chi connectivity index (χ2n) is 12.0. The summed E-state index contributed by atoms with van der Waals surface area (Å²) in [6.45, 7) is 12.3. The van der Waals surface area contributed by atoms with Crippen LogP contribution in [0.25, 0.3) is 0 Å². The molecule has 0 heterocycles. The Kier molecular flexibility index (Phi) is 6.11. The van der Waals surface area contributed by atoms with Gasteiger partial charge in [0.1, 0.15) is 0 Å². The van der Waals surface area contributed by atoms with E-state index in [-0.39, 0.29) is 6.10 Å². The third-order valence-corrected chi connectivity index (χ3v) is 10.4. The number of allylic oxidation sites excluding steroid dienone is 3. The van der Waals surface area contributed by atoms with Crippen LogP contribution in [0.2, 0.25) is 0 Å². The Bertz CT molecular complexity index is 645. The van der Waals surface area contributed by atoms with Gasteiger partial charge in [0.05, 0.1) is 6.10 Å². The van der Waals surface area contributed by atoms with Crippen molar-refractivity contribution in [3.05, 3.63) is 23.8 Å². The van der Waals surface area contributed by atoms with Crippen molar-refractivity contribution in [2.24, 2.45) is 46.3 Å². The monoisotopic (exact) mass is 398 g/mol. The Morgan fingerprint density at radius 1 is 1.10 bits per heavy atom. The molecule has 4 aliphatic rings. The van der Waals surface area contributed by atoms with E-state index in [1.54, 1.807) is 5.57 Å². The Labute approximate surface area is 180 Å². The fraction of sp³-hybridized carbons (Fsp3) is 0.857. The minimum Gasteiger partial charge on any atom is -0.393 e. The van der Waals surface area contributed by atoms with Crippen LogP contribution in [0.4, 0.5) is 0 Å². The van der Waals surface area contributed by atoms with Crippen molar-refractivity contribution in [3.63, 3.8) is 0 Å². The lowest BCUT2D eigenvalue weighted by Crippen LogP contribution is -2.50. The number of aliphatic hydroxyl groups excluding tert-OH is 1. The Morgan fingerprint density at radius 2 is 1.90 bits per heavy atom. The molecule has 0 radical (unpaired) electrons. The van der Waals surface area contributed by atoms with E-state index in [1.807, 2.05) is 0 Å². The molecule has 0 saturated heterocycles. The molecule has 0 spiro atoms. The topological polar surface area (TPSA) is 20.2 Å². The molecule has 29 heavy (non-hydrogen) atoms. The molecule has 0 aromatic rings. The van der Waals surface area contributed by atoms with Crippen molar-refractivity contribution in [1.29, 1.82) is 0 Å². The second kappa shape index (κ2) is 8.18. The summed E-state index contributed by atoms with van der Waals surface area (Å²) in [5.74, 6) is 5.09. The van der Waals surface area contributed by atoms with E-state index in [9.17, 15) is 5.11 Å². The first-order valence-corrected chi connectivity index (χ1v) is 12.8. The molecule has 8 atom stereocenters. The van der Waals surface area contributed by atoms with Gasteiger partial charge in [0.25, 0.3) is 0 Å². The molecule has 4 unspecified atom stereocenters. The number of hydrogen-bond acceptors (Lipinski definition) is 1. The van der Waals surface area contributed by atoms with Gasteiger partial charge in [-0.1, -0.05) is 58.4 Å². The lowest BCUT2D eigenvalue weighted by atomic mass is 9.47. The maximum atomic E-state index is 10.2. The van der Waals surface area contributed by atoms with Crippen molar-refractivity contribution in [2.45, 2.75) is 105 Å². The first kappa shape index (κ1) is 21.7. The van der Waals surface area contributed by atoms with E-state index < -0.39 is 0 Å². The van der Waals surface area contributed by atoms with Gasteiger partial charge >= 0.3 is 0 Å². The zero-order valence-corrected chi connectivity index (χ0v) is 19.8. The summed E-state index contributed by atoms with van der Waals surface area (Å²) in [4.78, 5) is 0. The third-order valence-electron chi connectivity index (χ3n) is 10.4. The lowest BCUT2D eigenvalue weighted by molar-refractivity contribution is -0.0492. The smallest absolute Gasteiger partial charge is 0.0577 e. The van der Waals surface area contributed by atoms with Crippen LogP contribution in [0.1, 0.15) is 98.8 Å². The average Bonchev–Trinajstić information content (AvgIpc) is 3.02. The van der Waals surface area contributed by atoms with Crippen molar-refractivity contribution >= 4 is 0 Å². The summed E-state index contributed by atoms with van der Waals surface area (Å²) in [5, 5.41) is 10.2. The molecule has 3 saturated carbocycles. The minimum absolute atomic E-state index is 0.0832. The summed E-state index contributed by atoms with van der Waals surface area (Å²) < 4.78 is 0. The van der Waals surface area contributed by atoms with Crippen LogP contribution in [0.3, 0.4) is 0 Å². The maximum absolute atomic E-state index is 10.2. The summed E-state index contributed by atoms with van der Waals surface area (Å²) in [6.07, 6.45) is 20.4. The van der Waals surface area contributed by atoms with E-state index in [0.717, 1.165) is 48.3 Å². The van der Waals surface area contributed by atoms with E-state index in [1.165, 1.54) is 51.4 Å². The van der Waals surface area contributed by atoms with Crippen LogP contribution in [0.5, 0.6) is 0 Å². The molecule has 3 fully saturated rings. The first-order valence-electron chi connectivity index (χ1n) is 12.8. The van der Waals surface area contributed by atoms with Crippen LogP contribution in [0, 0.1) is 46.3 Å². The fourth-order valence-corrected chi connectivity index (χ4v) is 8.39. The van der Waals surface area contributed by atoms with Gasteiger partial charge in [-0.2, -0.15) is 0 Å². The van der Waals surface area contributed by atoms with Crippen molar-refractivity contribution in [1.82, 2.24) is 0 Å². The lowest BCUT2D eigenvalue weighted by Gasteiger charge is -2.58. The zero-order valence-electron chi connectivity index (χ0n) is 19.8. The molecule has 0 bridgehead atoms. The zero-order chi connectivity index (χ0) is 20.8. The molecule has 4 aliphatic carbocycles. The van der Waals surface area contributed by atoms with Gasteiger partial charge in [-0.3, -0.25) is 0 Å². The van der Waals surface area contributed by atoms with Crippen LogP contribution < -0.4 is 0 Å². The molecule has 1 nitrogen and oxygen atoms in total.